The van der Waals surface area contributed by atoms with Gasteiger partial charge in [-0.2, -0.15) is 18.4 Å². The van der Waals surface area contributed by atoms with Crippen molar-refractivity contribution in [2.45, 2.75) is 44.4 Å². The van der Waals surface area contributed by atoms with E-state index < -0.39 is 12.2 Å². The van der Waals surface area contributed by atoms with Crippen LogP contribution in [0.1, 0.15) is 42.4 Å². The van der Waals surface area contributed by atoms with Gasteiger partial charge in [-0.1, -0.05) is 24.3 Å². The maximum absolute atomic E-state index is 13.3. The number of pyridine rings is 1. The monoisotopic (exact) mass is 502 g/mol. The Balaban J connectivity index is 1.59. The van der Waals surface area contributed by atoms with Crippen LogP contribution in [0, 0.1) is 11.3 Å². The summed E-state index contributed by atoms with van der Waals surface area (Å²) in [6.45, 7) is 4.87. The molecule has 1 aliphatic carbocycles. The second kappa shape index (κ2) is 9.79. The van der Waals surface area contributed by atoms with E-state index in [4.69, 9.17) is 0 Å². The van der Waals surface area contributed by atoms with Gasteiger partial charge in [-0.05, 0) is 55.0 Å². The molecule has 0 saturated heterocycles. The summed E-state index contributed by atoms with van der Waals surface area (Å²) in [6, 6.07) is 12.0. The number of halogens is 3. The summed E-state index contributed by atoms with van der Waals surface area (Å²) in [5.41, 5.74) is 4.16. The van der Waals surface area contributed by atoms with Gasteiger partial charge in [0.1, 0.15) is 12.1 Å². The number of alkyl halides is 3. The molecule has 4 aromatic rings. The fourth-order valence-corrected chi connectivity index (χ4v) is 4.57. The van der Waals surface area contributed by atoms with Gasteiger partial charge in [-0.25, -0.2) is 9.97 Å². The Hall–Kier alpha value is -4.03. The lowest BCUT2D eigenvalue weighted by molar-refractivity contribution is -0.178. The van der Waals surface area contributed by atoms with Crippen molar-refractivity contribution in [1.82, 2.24) is 24.4 Å². The highest BCUT2D eigenvalue weighted by molar-refractivity contribution is 5.95. The summed E-state index contributed by atoms with van der Waals surface area (Å²) in [5.74, 6) is 0.937. The van der Waals surface area contributed by atoms with Crippen LogP contribution in [0.15, 0.2) is 67.6 Å². The molecule has 188 valence electrons. The van der Waals surface area contributed by atoms with Crippen LogP contribution in [0.25, 0.3) is 28.2 Å². The van der Waals surface area contributed by atoms with E-state index in [1.807, 2.05) is 10.6 Å². The van der Waals surface area contributed by atoms with E-state index in [1.165, 1.54) is 16.5 Å². The molecule has 0 aliphatic heterocycles. The largest absolute Gasteiger partial charge is 0.403 e. The Bertz CT molecular complexity index is 1460. The first-order chi connectivity index (χ1) is 17.8. The Kier molecular flexibility index (Phi) is 6.52. The number of benzene rings is 1. The van der Waals surface area contributed by atoms with Crippen LogP contribution in [-0.4, -0.2) is 43.2 Å². The molecule has 1 saturated carbocycles. The molecule has 1 fully saturated rings. The molecule has 5 rings (SSSR count). The Morgan fingerprint density at radius 1 is 1.19 bits per heavy atom. The maximum atomic E-state index is 13.3. The molecule has 0 bridgehead atoms. The van der Waals surface area contributed by atoms with Crippen molar-refractivity contribution in [2.24, 2.45) is 0 Å². The van der Waals surface area contributed by atoms with Gasteiger partial charge in [-0.15, -0.1) is 6.58 Å². The van der Waals surface area contributed by atoms with E-state index >= 15 is 0 Å². The van der Waals surface area contributed by atoms with Crippen molar-refractivity contribution in [3.63, 3.8) is 0 Å². The van der Waals surface area contributed by atoms with Crippen molar-refractivity contribution >= 4 is 10.9 Å². The van der Waals surface area contributed by atoms with E-state index in [2.05, 4.69) is 39.7 Å². The molecule has 0 N–H and O–H groups in total. The van der Waals surface area contributed by atoms with Crippen molar-refractivity contribution in [3.8, 4) is 23.4 Å². The normalized spacial score (nSPS) is 14.6. The second-order valence-corrected chi connectivity index (χ2v) is 9.26. The number of nitriles is 1. The van der Waals surface area contributed by atoms with Gasteiger partial charge in [0.05, 0.1) is 22.5 Å². The van der Waals surface area contributed by atoms with Gasteiger partial charge < -0.3 is 0 Å². The minimum Gasteiger partial charge on any atom is -0.284 e. The molecule has 37 heavy (non-hydrogen) atoms. The number of hydrogen-bond acceptors (Lipinski definition) is 5. The minimum atomic E-state index is -4.35. The zero-order chi connectivity index (χ0) is 26.2. The highest BCUT2D eigenvalue weighted by Gasteiger charge is 2.39. The van der Waals surface area contributed by atoms with Crippen LogP contribution in [0.5, 0.6) is 0 Å². The first kappa shape index (κ1) is 24.7. The molecular formula is C28H25F3N6. The summed E-state index contributed by atoms with van der Waals surface area (Å²) >= 11 is 0. The van der Waals surface area contributed by atoms with Crippen LogP contribution < -0.4 is 0 Å². The molecule has 0 amide bonds. The highest BCUT2D eigenvalue weighted by atomic mass is 19.4. The molecule has 1 aromatic carbocycles. The minimum absolute atomic E-state index is 0.0562. The zero-order valence-electron chi connectivity index (χ0n) is 20.3. The lowest BCUT2D eigenvalue weighted by Gasteiger charge is -2.29. The number of rotatable bonds is 8. The van der Waals surface area contributed by atoms with Gasteiger partial charge in [0.25, 0.3) is 0 Å². The smallest absolute Gasteiger partial charge is 0.284 e. The maximum Gasteiger partial charge on any atom is 0.403 e. The lowest BCUT2D eigenvalue weighted by Crippen LogP contribution is -2.43. The third kappa shape index (κ3) is 4.85. The Morgan fingerprint density at radius 3 is 2.54 bits per heavy atom. The third-order valence-electron chi connectivity index (χ3n) is 6.74. The molecule has 3 heterocycles. The van der Waals surface area contributed by atoms with E-state index in [0.29, 0.717) is 34.4 Å². The molecule has 1 atom stereocenters. The number of fused-ring (bicyclic) bond motifs is 1. The molecule has 0 spiro atoms. The molecular weight excluding hydrogens is 477 g/mol. The van der Waals surface area contributed by atoms with Crippen molar-refractivity contribution < 1.29 is 13.2 Å². The van der Waals surface area contributed by atoms with Crippen molar-refractivity contribution in [1.29, 1.82) is 5.26 Å². The predicted octanol–water partition coefficient (Wildman–Crippen LogP) is 6.17. The van der Waals surface area contributed by atoms with Crippen molar-refractivity contribution in [2.75, 3.05) is 6.54 Å². The Labute approximate surface area is 212 Å². The highest BCUT2D eigenvalue weighted by Crippen LogP contribution is 2.43. The van der Waals surface area contributed by atoms with Crippen LogP contribution in [-0.2, 0) is 6.54 Å². The molecule has 3 aromatic heterocycles. The third-order valence-corrected chi connectivity index (χ3v) is 6.74. The van der Waals surface area contributed by atoms with E-state index in [0.717, 1.165) is 30.7 Å². The van der Waals surface area contributed by atoms with Crippen LogP contribution >= 0.6 is 0 Å². The summed E-state index contributed by atoms with van der Waals surface area (Å²) in [4.78, 5) is 14.7. The van der Waals surface area contributed by atoms with Gasteiger partial charge in [0.2, 0.25) is 5.95 Å². The summed E-state index contributed by atoms with van der Waals surface area (Å²) in [6.07, 6.45) is 4.23. The molecule has 0 radical (unpaired) electrons. The summed E-state index contributed by atoms with van der Waals surface area (Å²) in [7, 11) is 0. The molecule has 1 unspecified atom stereocenters. The van der Waals surface area contributed by atoms with Gasteiger partial charge in [0, 0.05) is 37.1 Å². The number of aromatic nitrogens is 4. The second-order valence-electron chi connectivity index (χ2n) is 9.26. The average molecular weight is 503 g/mol. The van der Waals surface area contributed by atoms with E-state index in [1.54, 1.807) is 36.8 Å². The van der Waals surface area contributed by atoms with Crippen LogP contribution in [0.4, 0.5) is 13.2 Å². The quantitative estimate of drug-likeness (QED) is 0.270. The standard InChI is InChI=1S/C28H25F3N6/c1-3-13-36(18(2)28(29,30)31)17-19-5-10-24(35-16-19)26-23(15-32)22-9-8-21(20-6-7-20)14-25(22)37(26)27-33-11-4-12-34-27/h3-5,8-12,14,16,18,20H,1,6-7,13,17H2,2H3. The van der Waals surface area contributed by atoms with Crippen LogP contribution in [0.3, 0.4) is 0 Å². The molecule has 1 aliphatic rings. The lowest BCUT2D eigenvalue weighted by atomic mass is 10.1. The Morgan fingerprint density at radius 2 is 1.95 bits per heavy atom. The first-order valence-electron chi connectivity index (χ1n) is 12.0. The van der Waals surface area contributed by atoms with Gasteiger partial charge >= 0.3 is 6.18 Å². The fourth-order valence-electron chi connectivity index (χ4n) is 4.57. The summed E-state index contributed by atoms with van der Waals surface area (Å²) < 4.78 is 41.9. The van der Waals surface area contributed by atoms with Crippen molar-refractivity contribution in [3.05, 3.63) is 84.3 Å². The number of nitrogens with zero attached hydrogens (tertiary/aromatic N) is 6. The predicted molar refractivity (Wildman–Crippen MR) is 135 cm³/mol. The zero-order valence-corrected chi connectivity index (χ0v) is 20.3. The average Bonchev–Trinajstić information content (AvgIpc) is 3.70. The van der Waals surface area contributed by atoms with E-state index in [-0.39, 0.29) is 13.1 Å². The summed E-state index contributed by atoms with van der Waals surface area (Å²) in [5, 5.41) is 10.9. The molecule has 9 heteroatoms. The van der Waals surface area contributed by atoms with Gasteiger partial charge in [-0.3, -0.25) is 14.5 Å². The fraction of sp³-hybridized carbons (Fsp3) is 0.286. The SMILES string of the molecule is C=CCN(Cc1ccc(-c2c(C#N)c3ccc(C4CC4)cc3n2-c2ncccn2)nc1)C(C)C(F)(F)F. The van der Waals surface area contributed by atoms with Crippen LogP contribution in [0.2, 0.25) is 0 Å². The number of hydrogen-bond donors (Lipinski definition) is 0. The van der Waals surface area contributed by atoms with Gasteiger partial charge in [0.15, 0.2) is 0 Å². The first-order valence-corrected chi connectivity index (χ1v) is 12.0. The van der Waals surface area contributed by atoms with E-state index in [9.17, 15) is 18.4 Å². The molecule has 6 nitrogen and oxygen atoms in total. The topological polar surface area (TPSA) is 70.6 Å².